The summed E-state index contributed by atoms with van der Waals surface area (Å²) in [5, 5.41) is 0.598. The number of thioether (sulfide) groups is 2. The zero-order chi connectivity index (χ0) is 11.7. The van der Waals surface area contributed by atoms with Crippen molar-refractivity contribution < 1.29 is 4.39 Å². The van der Waals surface area contributed by atoms with Gasteiger partial charge in [-0.25, -0.2) is 14.4 Å². The third kappa shape index (κ3) is 2.46. The van der Waals surface area contributed by atoms with Gasteiger partial charge in [0.2, 0.25) is 0 Å². The third-order valence-corrected chi connectivity index (χ3v) is 5.77. The summed E-state index contributed by atoms with van der Waals surface area (Å²) < 4.78 is 13.3. The van der Waals surface area contributed by atoms with E-state index < -0.39 is 5.82 Å². The molecule has 1 fully saturated rings. The van der Waals surface area contributed by atoms with Crippen LogP contribution in [-0.2, 0) is 0 Å². The molecule has 2 unspecified atom stereocenters. The van der Waals surface area contributed by atoms with Crippen LogP contribution < -0.4 is 0 Å². The van der Waals surface area contributed by atoms with Gasteiger partial charge in [0.05, 0.1) is 10.9 Å². The van der Waals surface area contributed by atoms with Crippen molar-refractivity contribution in [3.63, 3.8) is 0 Å². The molecule has 2 atom stereocenters. The van der Waals surface area contributed by atoms with E-state index in [1.54, 1.807) is 6.92 Å². The zero-order valence-electron chi connectivity index (χ0n) is 9.04. The third-order valence-electron chi connectivity index (χ3n) is 2.44. The Labute approximate surface area is 108 Å². The molecule has 2 heterocycles. The molecular weight excluding hydrogens is 267 g/mol. The van der Waals surface area contributed by atoms with Crippen LogP contribution in [0.3, 0.4) is 0 Å². The minimum Gasteiger partial charge on any atom is -0.234 e. The van der Waals surface area contributed by atoms with Gasteiger partial charge in [0.15, 0.2) is 11.0 Å². The molecular formula is C10H12ClFN2S2. The van der Waals surface area contributed by atoms with Crippen LogP contribution in [0.2, 0.25) is 5.15 Å². The van der Waals surface area contributed by atoms with Crippen molar-refractivity contribution in [2.45, 2.75) is 24.3 Å². The van der Waals surface area contributed by atoms with Crippen LogP contribution in [0.1, 0.15) is 23.7 Å². The van der Waals surface area contributed by atoms with Gasteiger partial charge in [-0.3, -0.25) is 0 Å². The first-order valence-electron chi connectivity index (χ1n) is 5.02. The standard InChI is InChI=1S/C10H12ClFN2S2/c1-5-7(12)9(11)14-10(13-5)8-6(2)15-3-4-16-8/h6,8H,3-4H2,1-2H3. The molecule has 0 bridgehead atoms. The van der Waals surface area contributed by atoms with Crippen molar-refractivity contribution in [2.75, 3.05) is 11.5 Å². The summed E-state index contributed by atoms with van der Waals surface area (Å²) in [4.78, 5) is 8.26. The second-order valence-electron chi connectivity index (χ2n) is 3.64. The number of halogens is 2. The first kappa shape index (κ1) is 12.5. The summed E-state index contributed by atoms with van der Waals surface area (Å²) >= 11 is 9.46. The Morgan fingerprint density at radius 3 is 2.62 bits per heavy atom. The van der Waals surface area contributed by atoms with Crippen LogP contribution in [-0.4, -0.2) is 26.7 Å². The Balaban J connectivity index is 2.32. The van der Waals surface area contributed by atoms with E-state index in [4.69, 9.17) is 11.6 Å². The molecule has 1 saturated heterocycles. The molecule has 1 aromatic rings. The summed E-state index contributed by atoms with van der Waals surface area (Å²) in [6.45, 7) is 3.77. The number of aryl methyl sites for hydroxylation is 1. The van der Waals surface area contributed by atoms with E-state index in [2.05, 4.69) is 16.9 Å². The van der Waals surface area contributed by atoms with Crippen LogP contribution in [0.5, 0.6) is 0 Å². The van der Waals surface area contributed by atoms with Gasteiger partial charge < -0.3 is 0 Å². The summed E-state index contributed by atoms with van der Waals surface area (Å²) in [6, 6.07) is 0. The number of rotatable bonds is 1. The molecule has 1 aliphatic rings. The second kappa shape index (κ2) is 5.10. The van der Waals surface area contributed by atoms with Gasteiger partial charge in [0.1, 0.15) is 5.82 Å². The smallest absolute Gasteiger partial charge is 0.181 e. The van der Waals surface area contributed by atoms with Crippen LogP contribution in [0.4, 0.5) is 4.39 Å². The SMILES string of the molecule is Cc1nc(C2SCCSC2C)nc(Cl)c1F. The average molecular weight is 279 g/mol. The fourth-order valence-electron chi connectivity index (χ4n) is 1.59. The fourth-order valence-corrected chi connectivity index (χ4v) is 4.50. The van der Waals surface area contributed by atoms with E-state index in [9.17, 15) is 4.39 Å². The van der Waals surface area contributed by atoms with Gasteiger partial charge in [-0.2, -0.15) is 11.8 Å². The maximum Gasteiger partial charge on any atom is 0.181 e. The maximum atomic E-state index is 13.3. The summed E-state index contributed by atoms with van der Waals surface area (Å²) in [5.41, 5.74) is 0.332. The minimum atomic E-state index is -0.508. The molecule has 0 amide bonds. The molecule has 6 heteroatoms. The average Bonchev–Trinajstić information content (AvgIpc) is 2.26. The van der Waals surface area contributed by atoms with Gasteiger partial charge in [-0.15, -0.1) is 11.8 Å². The predicted octanol–water partition coefficient (Wildman–Crippen LogP) is 3.49. The topological polar surface area (TPSA) is 25.8 Å². The van der Waals surface area contributed by atoms with Crippen molar-refractivity contribution in [2.24, 2.45) is 0 Å². The Morgan fingerprint density at radius 2 is 2.00 bits per heavy atom. The minimum absolute atomic E-state index is 0.0640. The number of hydrogen-bond donors (Lipinski definition) is 0. The van der Waals surface area contributed by atoms with Crippen molar-refractivity contribution in [3.05, 3.63) is 22.5 Å². The van der Waals surface area contributed by atoms with E-state index in [0.29, 0.717) is 16.8 Å². The van der Waals surface area contributed by atoms with Crippen LogP contribution in [0.25, 0.3) is 0 Å². The first-order valence-corrected chi connectivity index (χ1v) is 7.50. The normalized spacial score (nSPS) is 25.8. The highest BCUT2D eigenvalue weighted by atomic mass is 35.5. The van der Waals surface area contributed by atoms with E-state index >= 15 is 0 Å². The molecule has 16 heavy (non-hydrogen) atoms. The molecule has 0 aliphatic carbocycles. The lowest BCUT2D eigenvalue weighted by molar-refractivity contribution is 0.595. The van der Waals surface area contributed by atoms with Crippen LogP contribution in [0, 0.1) is 12.7 Å². The molecule has 0 radical (unpaired) electrons. The van der Waals surface area contributed by atoms with Crippen molar-refractivity contribution in [1.29, 1.82) is 0 Å². The largest absolute Gasteiger partial charge is 0.234 e. The first-order chi connectivity index (χ1) is 7.59. The van der Waals surface area contributed by atoms with Crippen molar-refractivity contribution in [1.82, 2.24) is 9.97 Å². The summed E-state index contributed by atoms with van der Waals surface area (Å²) in [7, 11) is 0. The molecule has 1 aromatic heterocycles. The quantitative estimate of drug-likeness (QED) is 0.735. The fraction of sp³-hybridized carbons (Fsp3) is 0.600. The maximum absolute atomic E-state index is 13.3. The van der Waals surface area contributed by atoms with Gasteiger partial charge in [0.25, 0.3) is 0 Å². The lowest BCUT2D eigenvalue weighted by atomic mass is 10.3. The van der Waals surface area contributed by atoms with Crippen LogP contribution >= 0.6 is 35.1 Å². The predicted molar refractivity (Wildman–Crippen MR) is 68.9 cm³/mol. The highest BCUT2D eigenvalue weighted by molar-refractivity contribution is 8.06. The molecule has 88 valence electrons. The Bertz CT molecular complexity index is 379. The number of nitrogens with zero attached hydrogens (tertiary/aromatic N) is 2. The van der Waals surface area contributed by atoms with Gasteiger partial charge >= 0.3 is 0 Å². The number of hydrogen-bond acceptors (Lipinski definition) is 4. The second-order valence-corrected chi connectivity index (χ2v) is 6.73. The van der Waals surface area contributed by atoms with Gasteiger partial charge in [0, 0.05) is 16.8 Å². The van der Waals surface area contributed by atoms with E-state index in [1.807, 2.05) is 23.5 Å². The molecule has 0 saturated carbocycles. The zero-order valence-corrected chi connectivity index (χ0v) is 11.4. The van der Waals surface area contributed by atoms with Gasteiger partial charge in [-0.05, 0) is 6.92 Å². The van der Waals surface area contributed by atoms with Crippen molar-refractivity contribution >= 4 is 35.1 Å². The highest BCUT2D eigenvalue weighted by Gasteiger charge is 2.27. The Kier molecular flexibility index (Phi) is 3.97. The molecule has 1 aliphatic heterocycles. The molecule has 0 spiro atoms. The molecule has 2 rings (SSSR count). The molecule has 2 nitrogen and oxygen atoms in total. The van der Waals surface area contributed by atoms with E-state index in [0.717, 1.165) is 11.5 Å². The van der Waals surface area contributed by atoms with E-state index in [1.165, 1.54) is 0 Å². The number of aromatic nitrogens is 2. The van der Waals surface area contributed by atoms with Crippen molar-refractivity contribution in [3.8, 4) is 0 Å². The molecule has 0 aromatic carbocycles. The monoisotopic (exact) mass is 278 g/mol. The van der Waals surface area contributed by atoms with Crippen LogP contribution in [0.15, 0.2) is 0 Å². The molecule has 0 N–H and O–H groups in total. The summed E-state index contributed by atoms with van der Waals surface area (Å²) in [6.07, 6.45) is 0. The Morgan fingerprint density at radius 1 is 1.31 bits per heavy atom. The highest BCUT2D eigenvalue weighted by Crippen LogP contribution is 2.41. The lowest BCUT2D eigenvalue weighted by Gasteiger charge is -2.26. The Hall–Kier alpha value is -0.000000000000000111. The van der Waals surface area contributed by atoms with Gasteiger partial charge in [-0.1, -0.05) is 18.5 Å². The van der Waals surface area contributed by atoms with E-state index in [-0.39, 0.29) is 10.4 Å². The summed E-state index contributed by atoms with van der Waals surface area (Å²) in [5.74, 6) is 2.38. The lowest BCUT2D eigenvalue weighted by Crippen LogP contribution is -2.19.